The van der Waals surface area contributed by atoms with E-state index in [-0.39, 0.29) is 5.97 Å². The summed E-state index contributed by atoms with van der Waals surface area (Å²) in [7, 11) is 0. The fourth-order valence-corrected chi connectivity index (χ4v) is 4.60. The van der Waals surface area contributed by atoms with E-state index in [0.717, 1.165) is 10.2 Å². The first-order valence-electron chi connectivity index (χ1n) is 11.4. The van der Waals surface area contributed by atoms with Crippen LogP contribution in [-0.2, 0) is 16.0 Å². The van der Waals surface area contributed by atoms with E-state index in [1.54, 1.807) is 37.3 Å². The van der Waals surface area contributed by atoms with Crippen molar-refractivity contribution < 1.29 is 23.8 Å². The van der Waals surface area contributed by atoms with Crippen molar-refractivity contribution in [2.75, 3.05) is 19.8 Å². The Hall–Kier alpha value is -3.75. The lowest BCUT2D eigenvalue weighted by atomic mass is 10.2. The summed E-state index contributed by atoms with van der Waals surface area (Å²) >= 11 is 1.34. The topological polar surface area (TPSA) is 79.1 Å². The van der Waals surface area contributed by atoms with Gasteiger partial charge in [0.1, 0.15) is 11.5 Å². The molecule has 0 unspecified atom stereocenters. The smallest absolute Gasteiger partial charge is 0.338 e. The Balaban J connectivity index is 1.74. The molecule has 4 rings (SSSR count). The van der Waals surface area contributed by atoms with Crippen LogP contribution in [0, 0.1) is 0 Å². The van der Waals surface area contributed by atoms with E-state index in [0.29, 0.717) is 53.8 Å². The first kappa shape index (κ1) is 24.4. The molecular weight excluding hydrogens is 464 g/mol. The summed E-state index contributed by atoms with van der Waals surface area (Å²) in [6.07, 6.45) is 0. The van der Waals surface area contributed by atoms with Crippen molar-refractivity contribution in [1.29, 1.82) is 0 Å². The molecule has 0 aliphatic heterocycles. The largest absolute Gasteiger partial charge is 0.462 e. The van der Waals surface area contributed by atoms with Crippen LogP contribution >= 0.6 is 11.3 Å². The molecule has 0 saturated carbocycles. The molecule has 0 radical (unpaired) electrons. The molecule has 8 heteroatoms. The van der Waals surface area contributed by atoms with Crippen LogP contribution in [0.5, 0.6) is 11.5 Å². The zero-order valence-corrected chi connectivity index (χ0v) is 20.4. The van der Waals surface area contributed by atoms with Gasteiger partial charge in [0.25, 0.3) is 5.91 Å². The number of aromatic nitrogens is 1. The average molecular weight is 491 g/mol. The monoisotopic (exact) mass is 490 g/mol. The Morgan fingerprint density at radius 1 is 0.943 bits per heavy atom. The van der Waals surface area contributed by atoms with E-state index in [1.807, 2.05) is 54.0 Å². The standard InChI is InChI=1S/C27H26N2O5S/c1-3-32-17-16-29-22-15-14-19(26(31)33-4-2)18-24(22)35-27(29)28-25(30)21-12-8-9-13-23(21)34-20-10-6-5-7-11-20/h5-15,18H,3-4,16-17H2,1-2H3. The maximum atomic E-state index is 13.3. The summed E-state index contributed by atoms with van der Waals surface area (Å²) in [5, 5.41) is 0. The first-order chi connectivity index (χ1) is 17.1. The van der Waals surface area contributed by atoms with Crippen molar-refractivity contribution in [3.63, 3.8) is 0 Å². The Kier molecular flexibility index (Phi) is 8.07. The summed E-state index contributed by atoms with van der Waals surface area (Å²) in [5.41, 5.74) is 1.68. The Morgan fingerprint density at radius 2 is 1.71 bits per heavy atom. The molecule has 0 atom stereocenters. The lowest BCUT2D eigenvalue weighted by molar-refractivity contribution is 0.0526. The molecule has 0 N–H and O–H groups in total. The van der Waals surface area contributed by atoms with Gasteiger partial charge in [-0.15, -0.1) is 0 Å². The second-order valence-corrected chi connectivity index (χ2v) is 8.47. The number of amides is 1. The number of benzene rings is 3. The van der Waals surface area contributed by atoms with Gasteiger partial charge in [0.05, 0.1) is 34.6 Å². The quantitative estimate of drug-likeness (QED) is 0.230. The van der Waals surface area contributed by atoms with Gasteiger partial charge >= 0.3 is 5.97 Å². The third-order valence-corrected chi connectivity index (χ3v) is 6.18. The summed E-state index contributed by atoms with van der Waals surface area (Å²) in [4.78, 5) is 30.5. The number of para-hydroxylation sites is 2. The SMILES string of the molecule is CCOCCn1c(=NC(=O)c2ccccc2Oc2ccccc2)sc2cc(C(=O)OCC)ccc21. The van der Waals surface area contributed by atoms with Gasteiger partial charge in [-0.25, -0.2) is 4.79 Å². The van der Waals surface area contributed by atoms with Crippen LogP contribution in [0.2, 0.25) is 0 Å². The molecule has 180 valence electrons. The molecule has 0 bridgehead atoms. The van der Waals surface area contributed by atoms with Crippen LogP contribution in [0.4, 0.5) is 0 Å². The molecule has 1 aromatic heterocycles. The number of hydrogen-bond donors (Lipinski definition) is 0. The average Bonchev–Trinajstić information content (AvgIpc) is 3.21. The van der Waals surface area contributed by atoms with Gasteiger partial charge in [-0.1, -0.05) is 41.7 Å². The maximum absolute atomic E-state index is 13.3. The fraction of sp³-hybridized carbons (Fsp3) is 0.222. The van der Waals surface area contributed by atoms with Gasteiger partial charge in [-0.3, -0.25) is 4.79 Å². The minimum absolute atomic E-state index is 0.301. The molecule has 0 saturated heterocycles. The predicted octanol–water partition coefficient (Wildman–Crippen LogP) is 5.45. The van der Waals surface area contributed by atoms with Gasteiger partial charge in [0, 0.05) is 13.2 Å². The van der Waals surface area contributed by atoms with E-state index in [4.69, 9.17) is 14.2 Å². The second kappa shape index (κ2) is 11.6. The van der Waals surface area contributed by atoms with Gasteiger partial charge in [-0.2, -0.15) is 4.99 Å². The van der Waals surface area contributed by atoms with Crippen molar-refractivity contribution >= 4 is 33.4 Å². The van der Waals surface area contributed by atoms with Gasteiger partial charge in [0.15, 0.2) is 4.80 Å². The highest BCUT2D eigenvalue weighted by molar-refractivity contribution is 7.16. The molecule has 0 fully saturated rings. The second-order valence-electron chi connectivity index (χ2n) is 7.46. The van der Waals surface area contributed by atoms with Crippen molar-refractivity contribution in [3.05, 3.63) is 88.7 Å². The van der Waals surface area contributed by atoms with E-state index >= 15 is 0 Å². The lowest BCUT2D eigenvalue weighted by Crippen LogP contribution is -2.20. The summed E-state index contributed by atoms with van der Waals surface area (Å²) in [6, 6.07) is 21.7. The van der Waals surface area contributed by atoms with Crippen LogP contribution in [-0.4, -0.2) is 36.3 Å². The molecule has 1 amide bonds. The fourth-order valence-electron chi connectivity index (χ4n) is 3.51. The van der Waals surface area contributed by atoms with Crippen LogP contribution in [0.1, 0.15) is 34.6 Å². The van der Waals surface area contributed by atoms with Crippen LogP contribution in [0.3, 0.4) is 0 Å². The predicted molar refractivity (Wildman–Crippen MR) is 135 cm³/mol. The molecule has 0 spiro atoms. The van der Waals surface area contributed by atoms with E-state index in [2.05, 4.69) is 4.99 Å². The van der Waals surface area contributed by atoms with Crippen molar-refractivity contribution in [2.24, 2.45) is 4.99 Å². The Labute approximate surface area is 207 Å². The molecule has 0 aliphatic rings. The number of rotatable bonds is 9. The summed E-state index contributed by atoms with van der Waals surface area (Å²) in [5.74, 6) is 0.260. The minimum atomic E-state index is -0.418. The van der Waals surface area contributed by atoms with E-state index in [9.17, 15) is 9.59 Å². The molecule has 0 aliphatic carbocycles. The lowest BCUT2D eigenvalue weighted by Gasteiger charge is -2.09. The van der Waals surface area contributed by atoms with Gasteiger partial charge < -0.3 is 18.8 Å². The number of hydrogen-bond acceptors (Lipinski definition) is 6. The molecule has 4 aromatic rings. The normalized spacial score (nSPS) is 11.5. The van der Waals surface area contributed by atoms with Crippen LogP contribution < -0.4 is 9.54 Å². The third-order valence-electron chi connectivity index (χ3n) is 5.14. The summed E-state index contributed by atoms with van der Waals surface area (Å²) in [6.45, 7) is 5.57. The van der Waals surface area contributed by atoms with Gasteiger partial charge in [0.2, 0.25) is 0 Å². The van der Waals surface area contributed by atoms with Gasteiger partial charge in [-0.05, 0) is 56.3 Å². The number of esters is 1. The van der Waals surface area contributed by atoms with Crippen molar-refractivity contribution in [3.8, 4) is 11.5 Å². The highest BCUT2D eigenvalue weighted by Crippen LogP contribution is 2.26. The Bertz CT molecular complexity index is 1390. The van der Waals surface area contributed by atoms with Crippen molar-refractivity contribution in [1.82, 2.24) is 4.57 Å². The molecule has 1 heterocycles. The highest BCUT2D eigenvalue weighted by Gasteiger charge is 2.15. The molecule has 35 heavy (non-hydrogen) atoms. The highest BCUT2D eigenvalue weighted by atomic mass is 32.1. The number of carbonyl (C=O) groups excluding carboxylic acids is 2. The number of carbonyl (C=O) groups is 2. The Morgan fingerprint density at radius 3 is 2.49 bits per heavy atom. The van der Waals surface area contributed by atoms with Crippen molar-refractivity contribution in [2.45, 2.75) is 20.4 Å². The summed E-state index contributed by atoms with van der Waals surface area (Å²) < 4.78 is 19.4. The first-order valence-corrected chi connectivity index (χ1v) is 12.2. The van der Waals surface area contributed by atoms with E-state index in [1.165, 1.54) is 11.3 Å². The van der Waals surface area contributed by atoms with E-state index < -0.39 is 5.91 Å². The molecular formula is C27H26N2O5S. The number of nitrogens with zero attached hydrogens (tertiary/aromatic N) is 2. The number of ether oxygens (including phenoxy) is 3. The van der Waals surface area contributed by atoms with Crippen LogP contribution in [0.15, 0.2) is 77.8 Å². The zero-order chi connectivity index (χ0) is 24.6. The minimum Gasteiger partial charge on any atom is -0.462 e. The zero-order valence-electron chi connectivity index (χ0n) is 19.6. The maximum Gasteiger partial charge on any atom is 0.338 e. The third kappa shape index (κ3) is 5.85. The number of thiazole rings is 1. The molecule has 3 aromatic carbocycles. The van der Waals surface area contributed by atoms with Crippen LogP contribution in [0.25, 0.3) is 10.2 Å². The number of fused-ring (bicyclic) bond motifs is 1. The molecule has 7 nitrogen and oxygen atoms in total.